The number of hydrogen-bond donors (Lipinski definition) is 1. The zero-order valence-corrected chi connectivity index (χ0v) is 12.6. The minimum Gasteiger partial charge on any atom is -0.326 e. The molecule has 3 rings (SSSR count). The maximum Gasteiger partial charge on any atom is 0.237 e. The van der Waals surface area contributed by atoms with Gasteiger partial charge in [-0.25, -0.2) is 4.98 Å². The third kappa shape index (κ3) is 2.13. The number of carbonyl (C=O) groups excluding carboxylic acids is 1. The number of halogens is 1. The Morgan fingerprint density at radius 2 is 2.15 bits per heavy atom. The number of carbonyl (C=O) groups is 1. The normalized spacial score (nSPS) is 13.8. The fourth-order valence-electron chi connectivity index (χ4n) is 2.41. The van der Waals surface area contributed by atoms with E-state index in [-0.39, 0.29) is 5.91 Å². The lowest BCUT2D eigenvalue weighted by Crippen LogP contribution is -2.22. The number of aryl methyl sites for hydroxylation is 1. The van der Waals surface area contributed by atoms with E-state index in [2.05, 4.69) is 20.9 Å². The van der Waals surface area contributed by atoms with Crippen molar-refractivity contribution in [2.45, 2.75) is 19.9 Å². The molecule has 1 aromatic heterocycles. The van der Waals surface area contributed by atoms with Gasteiger partial charge in [-0.2, -0.15) is 0 Å². The Hall–Kier alpha value is -1.72. The fourth-order valence-corrected chi connectivity index (χ4v) is 2.63. The molecule has 1 aromatic carbocycles. The van der Waals surface area contributed by atoms with Crippen LogP contribution in [0.2, 0.25) is 0 Å². The zero-order valence-electron chi connectivity index (χ0n) is 11.1. The molecule has 0 saturated heterocycles. The van der Waals surface area contributed by atoms with Gasteiger partial charge in [0.15, 0.2) is 0 Å². The molecule has 1 aliphatic heterocycles. The van der Waals surface area contributed by atoms with Gasteiger partial charge in [0.05, 0.1) is 17.8 Å². The second-order valence-electron chi connectivity index (χ2n) is 4.81. The smallest absolute Gasteiger partial charge is 0.237 e. The van der Waals surface area contributed by atoms with Gasteiger partial charge in [0.25, 0.3) is 0 Å². The third-order valence-corrected chi connectivity index (χ3v) is 4.29. The van der Waals surface area contributed by atoms with Gasteiger partial charge in [-0.15, -0.1) is 0 Å². The van der Waals surface area contributed by atoms with Crippen LogP contribution in [0.3, 0.4) is 0 Å². The Morgan fingerprint density at radius 3 is 2.85 bits per heavy atom. The quantitative estimate of drug-likeness (QED) is 0.920. The SMILES string of the molecule is Cc1nc(N2C(=O)Cc3cc(CN)ccc32)ccc1Br. The van der Waals surface area contributed by atoms with Crippen LogP contribution in [-0.2, 0) is 17.8 Å². The summed E-state index contributed by atoms with van der Waals surface area (Å²) >= 11 is 3.42. The lowest BCUT2D eigenvalue weighted by Gasteiger charge is -2.17. The van der Waals surface area contributed by atoms with Crippen LogP contribution in [0.25, 0.3) is 0 Å². The first-order chi connectivity index (χ1) is 9.60. The Labute approximate surface area is 125 Å². The van der Waals surface area contributed by atoms with Crippen LogP contribution in [0, 0.1) is 6.92 Å². The van der Waals surface area contributed by atoms with Gasteiger partial charge in [0, 0.05) is 11.0 Å². The molecule has 1 amide bonds. The molecule has 102 valence electrons. The summed E-state index contributed by atoms with van der Waals surface area (Å²) in [5, 5.41) is 0. The van der Waals surface area contributed by atoms with Crippen molar-refractivity contribution in [2.24, 2.45) is 5.73 Å². The Morgan fingerprint density at radius 1 is 1.35 bits per heavy atom. The second-order valence-corrected chi connectivity index (χ2v) is 5.66. The summed E-state index contributed by atoms with van der Waals surface area (Å²) in [4.78, 5) is 18.4. The van der Waals surface area contributed by atoms with E-state index in [0.29, 0.717) is 18.8 Å². The summed E-state index contributed by atoms with van der Waals surface area (Å²) in [7, 11) is 0. The number of anilines is 2. The van der Waals surface area contributed by atoms with Crippen LogP contribution < -0.4 is 10.6 Å². The summed E-state index contributed by atoms with van der Waals surface area (Å²) in [5.41, 5.74) is 9.47. The molecule has 2 heterocycles. The zero-order chi connectivity index (χ0) is 14.3. The third-order valence-electron chi connectivity index (χ3n) is 3.45. The number of nitrogens with two attached hydrogens (primary N) is 1. The minimum atomic E-state index is 0.0448. The van der Waals surface area contributed by atoms with Crippen molar-refractivity contribution < 1.29 is 4.79 Å². The summed E-state index contributed by atoms with van der Waals surface area (Å²) in [6.45, 7) is 2.39. The number of amides is 1. The van der Waals surface area contributed by atoms with Gasteiger partial charge in [-0.3, -0.25) is 9.69 Å². The first kappa shape index (κ1) is 13.3. The Kier molecular flexibility index (Phi) is 3.31. The van der Waals surface area contributed by atoms with Crippen LogP contribution in [-0.4, -0.2) is 10.9 Å². The Bertz CT molecular complexity index is 700. The molecule has 1 aliphatic rings. The molecule has 0 atom stereocenters. The number of rotatable bonds is 2. The average molecular weight is 332 g/mol. The molecular formula is C15H14BrN3O. The molecule has 0 spiro atoms. The van der Waals surface area contributed by atoms with Crippen molar-refractivity contribution in [3.63, 3.8) is 0 Å². The number of fused-ring (bicyclic) bond motifs is 1. The maximum atomic E-state index is 12.3. The molecule has 2 aromatic rings. The van der Waals surface area contributed by atoms with Crippen LogP contribution in [0.15, 0.2) is 34.8 Å². The van der Waals surface area contributed by atoms with Crippen molar-refractivity contribution in [3.8, 4) is 0 Å². The predicted molar refractivity (Wildman–Crippen MR) is 81.9 cm³/mol. The van der Waals surface area contributed by atoms with E-state index in [1.165, 1.54) is 0 Å². The van der Waals surface area contributed by atoms with E-state index >= 15 is 0 Å². The number of benzene rings is 1. The minimum absolute atomic E-state index is 0.0448. The van der Waals surface area contributed by atoms with E-state index in [9.17, 15) is 4.79 Å². The lowest BCUT2D eigenvalue weighted by atomic mass is 10.1. The van der Waals surface area contributed by atoms with Crippen molar-refractivity contribution in [1.29, 1.82) is 0 Å². The first-order valence-corrected chi connectivity index (χ1v) is 7.17. The standard InChI is InChI=1S/C15H14BrN3O/c1-9-12(16)3-5-14(18-9)19-13-4-2-10(8-17)6-11(13)7-15(19)20/h2-6H,7-8,17H2,1H3. The van der Waals surface area contributed by atoms with Crippen molar-refractivity contribution in [2.75, 3.05) is 4.90 Å². The second kappa shape index (κ2) is 5.00. The fraction of sp³-hybridized carbons (Fsp3) is 0.200. The first-order valence-electron chi connectivity index (χ1n) is 6.38. The van der Waals surface area contributed by atoms with Crippen molar-refractivity contribution in [1.82, 2.24) is 4.98 Å². The van der Waals surface area contributed by atoms with E-state index < -0.39 is 0 Å². The predicted octanol–water partition coefficient (Wildman–Crippen LogP) is 2.83. The van der Waals surface area contributed by atoms with Gasteiger partial charge in [0.1, 0.15) is 5.82 Å². The maximum absolute atomic E-state index is 12.3. The Balaban J connectivity index is 2.07. The van der Waals surface area contributed by atoms with E-state index in [1.807, 2.05) is 37.3 Å². The highest BCUT2D eigenvalue weighted by Gasteiger charge is 2.29. The lowest BCUT2D eigenvalue weighted by molar-refractivity contribution is -0.116. The van der Waals surface area contributed by atoms with Crippen LogP contribution in [0.5, 0.6) is 0 Å². The van der Waals surface area contributed by atoms with E-state index in [4.69, 9.17) is 5.73 Å². The molecule has 0 aliphatic carbocycles. The molecule has 2 N–H and O–H groups in total. The highest BCUT2D eigenvalue weighted by molar-refractivity contribution is 9.10. The number of pyridine rings is 1. The van der Waals surface area contributed by atoms with Gasteiger partial charge in [0.2, 0.25) is 5.91 Å². The van der Waals surface area contributed by atoms with Gasteiger partial charge < -0.3 is 5.73 Å². The van der Waals surface area contributed by atoms with Crippen LogP contribution >= 0.6 is 15.9 Å². The molecule has 0 fully saturated rings. The summed E-state index contributed by atoms with van der Waals surface area (Å²) in [6, 6.07) is 9.66. The van der Waals surface area contributed by atoms with Gasteiger partial charge in [-0.05, 0) is 52.2 Å². The molecule has 4 nitrogen and oxygen atoms in total. The molecular weight excluding hydrogens is 318 g/mol. The largest absolute Gasteiger partial charge is 0.326 e. The molecule has 0 radical (unpaired) electrons. The topological polar surface area (TPSA) is 59.2 Å². The number of aromatic nitrogens is 1. The monoisotopic (exact) mass is 331 g/mol. The summed E-state index contributed by atoms with van der Waals surface area (Å²) in [6.07, 6.45) is 0.403. The molecule has 0 saturated carbocycles. The van der Waals surface area contributed by atoms with E-state index in [1.54, 1.807) is 4.90 Å². The van der Waals surface area contributed by atoms with Crippen molar-refractivity contribution >= 4 is 33.3 Å². The van der Waals surface area contributed by atoms with Gasteiger partial charge >= 0.3 is 0 Å². The van der Waals surface area contributed by atoms with Crippen molar-refractivity contribution in [3.05, 3.63) is 51.6 Å². The summed E-state index contributed by atoms with van der Waals surface area (Å²) in [5.74, 6) is 0.707. The highest BCUT2D eigenvalue weighted by atomic mass is 79.9. The van der Waals surface area contributed by atoms with Crippen LogP contribution in [0.1, 0.15) is 16.8 Å². The summed E-state index contributed by atoms with van der Waals surface area (Å²) < 4.78 is 0.937. The average Bonchev–Trinajstić information content (AvgIpc) is 2.76. The van der Waals surface area contributed by atoms with Gasteiger partial charge in [-0.1, -0.05) is 12.1 Å². The highest BCUT2D eigenvalue weighted by Crippen LogP contribution is 2.35. The number of nitrogens with zero attached hydrogens (tertiary/aromatic N) is 2. The van der Waals surface area contributed by atoms with E-state index in [0.717, 1.165) is 27.0 Å². The molecule has 0 bridgehead atoms. The van der Waals surface area contributed by atoms with Crippen LogP contribution in [0.4, 0.5) is 11.5 Å². The molecule has 5 heteroatoms. The number of hydrogen-bond acceptors (Lipinski definition) is 3. The molecule has 20 heavy (non-hydrogen) atoms. The molecule has 0 unspecified atom stereocenters.